The molecule has 1 aromatic carbocycles. The summed E-state index contributed by atoms with van der Waals surface area (Å²) >= 11 is 0. The minimum atomic E-state index is -3.14. The molecule has 1 fully saturated rings. The van der Waals surface area contributed by atoms with Gasteiger partial charge in [0.15, 0.2) is 17.6 Å². The molecule has 152 valence electrons. The average Bonchev–Trinajstić information content (AvgIpc) is 2.66. The smallest absolute Gasteiger partial charge is 0.213 e. The predicted octanol–water partition coefficient (Wildman–Crippen LogP) is 1.88. The summed E-state index contributed by atoms with van der Waals surface area (Å²) in [4.78, 5) is 4.43. The van der Waals surface area contributed by atoms with Gasteiger partial charge in [0, 0.05) is 32.2 Å². The van der Waals surface area contributed by atoms with Crippen molar-refractivity contribution in [2.45, 2.75) is 39.2 Å². The number of aliphatic imine (C=N–C) groups is 1. The Balaban J connectivity index is 1.90. The van der Waals surface area contributed by atoms with Gasteiger partial charge in [-0.15, -0.1) is 0 Å². The number of guanidine groups is 1. The quantitative estimate of drug-likeness (QED) is 0.540. The first-order valence-electron chi connectivity index (χ1n) is 9.33. The summed E-state index contributed by atoms with van der Waals surface area (Å²) < 4.78 is 52.3. The van der Waals surface area contributed by atoms with Gasteiger partial charge < -0.3 is 10.6 Å². The lowest BCUT2D eigenvalue weighted by Crippen LogP contribution is -2.50. The normalized spacial score (nSPS) is 17.1. The fourth-order valence-electron chi connectivity index (χ4n) is 3.00. The van der Waals surface area contributed by atoms with Gasteiger partial charge in [-0.3, -0.25) is 4.99 Å². The zero-order valence-electron chi connectivity index (χ0n) is 15.8. The molecule has 0 bridgehead atoms. The Bertz CT molecular complexity index is 748. The SMILES string of the molecule is CCNC(=NCCc1cccc(F)c1F)NC1CCN(S(=O)(=O)CC)CC1. The minimum absolute atomic E-state index is 0.117. The van der Waals surface area contributed by atoms with E-state index in [1.54, 1.807) is 13.0 Å². The molecule has 0 unspecified atom stereocenters. The number of piperidine rings is 1. The third kappa shape index (κ3) is 6.14. The number of benzene rings is 1. The van der Waals surface area contributed by atoms with E-state index in [9.17, 15) is 17.2 Å². The Kier molecular flexibility index (Phi) is 7.97. The van der Waals surface area contributed by atoms with E-state index in [0.717, 1.165) is 6.07 Å². The fourth-order valence-corrected chi connectivity index (χ4v) is 4.14. The molecule has 2 N–H and O–H groups in total. The first-order chi connectivity index (χ1) is 12.9. The summed E-state index contributed by atoms with van der Waals surface area (Å²) in [6.07, 6.45) is 1.69. The molecule has 6 nitrogen and oxygen atoms in total. The highest BCUT2D eigenvalue weighted by Crippen LogP contribution is 2.15. The van der Waals surface area contributed by atoms with Crippen LogP contribution in [0.3, 0.4) is 0 Å². The van der Waals surface area contributed by atoms with Crippen LogP contribution in [0, 0.1) is 11.6 Å². The summed E-state index contributed by atoms with van der Waals surface area (Å²) in [5, 5.41) is 6.44. The van der Waals surface area contributed by atoms with E-state index >= 15 is 0 Å². The van der Waals surface area contributed by atoms with Gasteiger partial charge >= 0.3 is 0 Å². The highest BCUT2D eigenvalue weighted by Gasteiger charge is 2.26. The van der Waals surface area contributed by atoms with Crippen LogP contribution in [0.5, 0.6) is 0 Å². The number of nitrogens with zero attached hydrogens (tertiary/aromatic N) is 2. The zero-order chi connectivity index (χ0) is 19.9. The van der Waals surface area contributed by atoms with E-state index in [1.165, 1.54) is 10.4 Å². The van der Waals surface area contributed by atoms with Crippen molar-refractivity contribution in [3.8, 4) is 0 Å². The summed E-state index contributed by atoms with van der Waals surface area (Å²) in [5.41, 5.74) is 0.299. The lowest BCUT2D eigenvalue weighted by Gasteiger charge is -2.32. The summed E-state index contributed by atoms with van der Waals surface area (Å²) in [6, 6.07) is 4.26. The number of hydrogen-bond acceptors (Lipinski definition) is 3. The molecule has 0 spiro atoms. The van der Waals surface area contributed by atoms with Crippen LogP contribution in [0.15, 0.2) is 23.2 Å². The number of hydrogen-bond donors (Lipinski definition) is 2. The van der Waals surface area contributed by atoms with Gasteiger partial charge in [-0.05, 0) is 44.7 Å². The zero-order valence-corrected chi connectivity index (χ0v) is 16.7. The third-order valence-corrected chi connectivity index (χ3v) is 6.46. The van der Waals surface area contributed by atoms with Gasteiger partial charge in [0.1, 0.15) is 0 Å². The second kappa shape index (κ2) is 9.98. The molecule has 0 saturated carbocycles. The molecule has 1 aromatic rings. The van der Waals surface area contributed by atoms with Crippen LogP contribution < -0.4 is 10.6 Å². The molecule has 0 aliphatic carbocycles. The molecule has 1 saturated heterocycles. The van der Waals surface area contributed by atoms with Crippen LogP contribution in [0.4, 0.5) is 8.78 Å². The Hall–Kier alpha value is -1.74. The van der Waals surface area contributed by atoms with Crippen LogP contribution in [0.2, 0.25) is 0 Å². The van der Waals surface area contributed by atoms with Gasteiger partial charge in [-0.25, -0.2) is 21.5 Å². The maximum atomic E-state index is 13.7. The van der Waals surface area contributed by atoms with Crippen molar-refractivity contribution in [3.05, 3.63) is 35.4 Å². The van der Waals surface area contributed by atoms with Crippen LogP contribution in [-0.2, 0) is 16.4 Å². The van der Waals surface area contributed by atoms with Crippen molar-refractivity contribution in [1.82, 2.24) is 14.9 Å². The Labute approximate surface area is 160 Å². The van der Waals surface area contributed by atoms with E-state index in [-0.39, 0.29) is 11.8 Å². The maximum absolute atomic E-state index is 13.7. The third-order valence-electron chi connectivity index (χ3n) is 4.58. The first kappa shape index (κ1) is 21.6. The highest BCUT2D eigenvalue weighted by molar-refractivity contribution is 7.89. The molecular weight excluding hydrogens is 374 g/mol. The van der Waals surface area contributed by atoms with Crippen LogP contribution in [0.25, 0.3) is 0 Å². The largest absolute Gasteiger partial charge is 0.357 e. The van der Waals surface area contributed by atoms with E-state index in [0.29, 0.717) is 57.0 Å². The van der Waals surface area contributed by atoms with Gasteiger partial charge in [-0.2, -0.15) is 0 Å². The molecule has 0 atom stereocenters. The Morgan fingerprint density at radius 3 is 2.59 bits per heavy atom. The monoisotopic (exact) mass is 402 g/mol. The van der Waals surface area contributed by atoms with Crippen LogP contribution in [-0.4, -0.2) is 56.7 Å². The average molecular weight is 403 g/mol. The number of halogens is 2. The maximum Gasteiger partial charge on any atom is 0.213 e. The lowest BCUT2D eigenvalue weighted by molar-refractivity contribution is 0.306. The Morgan fingerprint density at radius 1 is 1.26 bits per heavy atom. The number of sulfonamides is 1. The number of rotatable bonds is 7. The lowest BCUT2D eigenvalue weighted by atomic mass is 10.1. The summed E-state index contributed by atoms with van der Waals surface area (Å²) in [5.74, 6) is -0.956. The first-order valence-corrected chi connectivity index (χ1v) is 10.9. The second-order valence-corrected chi connectivity index (χ2v) is 8.70. The van der Waals surface area contributed by atoms with Gasteiger partial charge in [0.05, 0.1) is 5.75 Å². The van der Waals surface area contributed by atoms with E-state index < -0.39 is 21.7 Å². The van der Waals surface area contributed by atoms with Crippen molar-refractivity contribution in [3.63, 3.8) is 0 Å². The van der Waals surface area contributed by atoms with Crippen molar-refractivity contribution >= 4 is 16.0 Å². The van der Waals surface area contributed by atoms with Crippen LogP contribution in [0.1, 0.15) is 32.3 Å². The van der Waals surface area contributed by atoms with Crippen LogP contribution >= 0.6 is 0 Å². The molecule has 0 amide bonds. The molecular formula is C18H28F2N4O2S. The molecule has 0 aromatic heterocycles. The predicted molar refractivity (Wildman–Crippen MR) is 103 cm³/mol. The van der Waals surface area contributed by atoms with E-state index in [2.05, 4.69) is 15.6 Å². The molecule has 2 rings (SSSR count). The van der Waals surface area contributed by atoms with Crippen molar-refractivity contribution in [1.29, 1.82) is 0 Å². The second-order valence-electron chi connectivity index (χ2n) is 6.44. The van der Waals surface area contributed by atoms with Gasteiger partial charge in [-0.1, -0.05) is 12.1 Å². The summed E-state index contributed by atoms with van der Waals surface area (Å²) in [7, 11) is -3.14. The van der Waals surface area contributed by atoms with Gasteiger partial charge in [0.25, 0.3) is 0 Å². The fraction of sp³-hybridized carbons (Fsp3) is 0.611. The minimum Gasteiger partial charge on any atom is -0.357 e. The molecule has 1 heterocycles. The molecule has 27 heavy (non-hydrogen) atoms. The molecule has 9 heteroatoms. The van der Waals surface area contributed by atoms with Crippen molar-refractivity contribution in [2.75, 3.05) is 31.9 Å². The van der Waals surface area contributed by atoms with E-state index in [4.69, 9.17) is 0 Å². The Morgan fingerprint density at radius 2 is 1.96 bits per heavy atom. The molecule has 1 aliphatic heterocycles. The highest BCUT2D eigenvalue weighted by atomic mass is 32.2. The van der Waals surface area contributed by atoms with Crippen molar-refractivity contribution < 1.29 is 17.2 Å². The summed E-state index contributed by atoms with van der Waals surface area (Å²) in [6.45, 7) is 5.56. The van der Waals surface area contributed by atoms with E-state index in [1.807, 2.05) is 6.92 Å². The molecule has 0 radical (unpaired) electrons. The molecule has 1 aliphatic rings. The number of nitrogens with one attached hydrogen (secondary N) is 2. The van der Waals surface area contributed by atoms with Gasteiger partial charge in [0.2, 0.25) is 10.0 Å². The topological polar surface area (TPSA) is 73.8 Å². The van der Waals surface area contributed by atoms with Crippen molar-refractivity contribution in [2.24, 2.45) is 4.99 Å². The standard InChI is InChI=1S/C18H28F2N4O2S/c1-3-21-18(22-11-8-14-6-5-7-16(19)17(14)20)23-15-9-12-24(13-10-15)27(25,26)4-2/h5-7,15H,3-4,8-13H2,1-2H3,(H2,21,22,23).